The first-order chi connectivity index (χ1) is 11.0. The van der Waals surface area contributed by atoms with Crippen LogP contribution < -0.4 is 11.1 Å². The number of ether oxygens (including phenoxy) is 1. The largest absolute Gasteiger partial charge is 0.454 e. The fourth-order valence-corrected chi connectivity index (χ4v) is 2.69. The lowest BCUT2D eigenvalue weighted by Crippen LogP contribution is -2.36. The zero-order valence-electron chi connectivity index (χ0n) is 12.6. The van der Waals surface area contributed by atoms with Gasteiger partial charge in [0.15, 0.2) is 11.9 Å². The molecule has 0 heterocycles. The van der Waals surface area contributed by atoms with Crippen molar-refractivity contribution < 1.29 is 19.1 Å². The third-order valence-electron chi connectivity index (χ3n) is 3.73. The second-order valence-corrected chi connectivity index (χ2v) is 5.94. The third-order valence-corrected chi connectivity index (χ3v) is 3.98. The predicted octanol–water partition coefficient (Wildman–Crippen LogP) is 2.49. The summed E-state index contributed by atoms with van der Waals surface area (Å²) in [5.74, 6) is -0.588. The topological polar surface area (TPSA) is 98.5 Å². The lowest BCUT2D eigenvalue weighted by Gasteiger charge is -2.22. The number of Topliss-reactive ketones (excluding diaryl/α,β-unsaturated/α-hetero) is 1. The van der Waals surface area contributed by atoms with Crippen molar-refractivity contribution in [1.29, 1.82) is 0 Å². The van der Waals surface area contributed by atoms with Crippen molar-refractivity contribution in [3.05, 3.63) is 34.9 Å². The standard InChI is InChI=1S/C16H19ClN2O4/c17-11-7-5-10(6-8-11)12(19-16(18)22)9-15(21)23-14-4-2-1-3-13(14)20/h5-8,12,14H,1-4,9H2,(H3,18,19,22)/t12-,14-/m0/s1. The molecule has 0 aliphatic heterocycles. The highest BCUT2D eigenvalue weighted by Crippen LogP contribution is 2.22. The Bertz CT molecular complexity index is 588. The van der Waals surface area contributed by atoms with Crippen LogP contribution in [0, 0.1) is 0 Å². The minimum Gasteiger partial charge on any atom is -0.454 e. The summed E-state index contributed by atoms with van der Waals surface area (Å²) in [7, 11) is 0. The Morgan fingerprint density at radius 2 is 2.00 bits per heavy atom. The van der Waals surface area contributed by atoms with Gasteiger partial charge in [-0.2, -0.15) is 0 Å². The van der Waals surface area contributed by atoms with Crippen molar-refractivity contribution in [1.82, 2.24) is 5.32 Å². The molecular weight excluding hydrogens is 320 g/mol. The highest BCUT2D eigenvalue weighted by atomic mass is 35.5. The average Bonchev–Trinajstić information content (AvgIpc) is 2.49. The van der Waals surface area contributed by atoms with E-state index in [1.54, 1.807) is 24.3 Å². The molecule has 7 heteroatoms. The van der Waals surface area contributed by atoms with Gasteiger partial charge < -0.3 is 15.8 Å². The lowest BCUT2D eigenvalue weighted by molar-refractivity contribution is -0.157. The number of amides is 2. The maximum absolute atomic E-state index is 12.1. The van der Waals surface area contributed by atoms with Crippen LogP contribution in [-0.2, 0) is 14.3 Å². The summed E-state index contributed by atoms with van der Waals surface area (Å²) in [5, 5.41) is 3.05. The van der Waals surface area contributed by atoms with Crippen LogP contribution in [0.15, 0.2) is 24.3 Å². The molecule has 6 nitrogen and oxygen atoms in total. The van der Waals surface area contributed by atoms with Gasteiger partial charge in [0.2, 0.25) is 0 Å². The Balaban J connectivity index is 2.01. The van der Waals surface area contributed by atoms with E-state index in [0.717, 1.165) is 12.8 Å². The van der Waals surface area contributed by atoms with Gasteiger partial charge in [0.1, 0.15) is 0 Å². The van der Waals surface area contributed by atoms with Crippen molar-refractivity contribution >= 4 is 29.4 Å². The summed E-state index contributed by atoms with van der Waals surface area (Å²) in [6.07, 6.45) is 1.93. The number of benzene rings is 1. The molecule has 0 spiro atoms. The van der Waals surface area contributed by atoms with Crippen LogP contribution in [0.5, 0.6) is 0 Å². The van der Waals surface area contributed by atoms with Crippen molar-refractivity contribution in [2.45, 2.75) is 44.2 Å². The molecule has 23 heavy (non-hydrogen) atoms. The number of halogens is 1. The third kappa shape index (κ3) is 5.25. The Labute approximate surface area is 139 Å². The normalized spacial score (nSPS) is 19.0. The van der Waals surface area contributed by atoms with Crippen LogP contribution in [0.25, 0.3) is 0 Å². The number of carbonyl (C=O) groups excluding carboxylic acids is 3. The molecule has 0 radical (unpaired) electrons. The van der Waals surface area contributed by atoms with E-state index in [2.05, 4.69) is 5.32 Å². The molecule has 2 rings (SSSR count). The van der Waals surface area contributed by atoms with Crippen LogP contribution in [0.3, 0.4) is 0 Å². The fourth-order valence-electron chi connectivity index (χ4n) is 2.57. The van der Waals surface area contributed by atoms with E-state index in [0.29, 0.717) is 23.4 Å². The second kappa shape index (κ2) is 7.97. The Kier molecular flexibility index (Phi) is 5.98. The molecule has 1 aliphatic rings. The van der Waals surface area contributed by atoms with Crippen LogP contribution in [-0.4, -0.2) is 23.9 Å². The van der Waals surface area contributed by atoms with Gasteiger partial charge in [-0.15, -0.1) is 0 Å². The molecule has 1 aliphatic carbocycles. The van der Waals surface area contributed by atoms with E-state index in [-0.39, 0.29) is 12.2 Å². The molecule has 0 unspecified atom stereocenters. The van der Waals surface area contributed by atoms with Gasteiger partial charge in [-0.05, 0) is 37.0 Å². The number of nitrogens with one attached hydrogen (secondary N) is 1. The SMILES string of the molecule is NC(=O)N[C@@H](CC(=O)O[C@H]1CCCCC1=O)c1ccc(Cl)cc1. The summed E-state index contributed by atoms with van der Waals surface area (Å²) in [6, 6.07) is 5.33. The molecule has 1 aromatic carbocycles. The number of urea groups is 1. The summed E-state index contributed by atoms with van der Waals surface area (Å²) in [5.41, 5.74) is 5.84. The predicted molar refractivity (Wildman–Crippen MR) is 84.9 cm³/mol. The first kappa shape index (κ1) is 17.3. The molecule has 0 bridgehead atoms. The monoisotopic (exact) mass is 338 g/mol. The van der Waals surface area contributed by atoms with E-state index < -0.39 is 24.1 Å². The Morgan fingerprint density at radius 3 is 2.61 bits per heavy atom. The first-order valence-corrected chi connectivity index (χ1v) is 7.87. The highest BCUT2D eigenvalue weighted by Gasteiger charge is 2.27. The number of primary amides is 1. The van der Waals surface area contributed by atoms with Crippen LogP contribution in [0.2, 0.25) is 5.02 Å². The minimum absolute atomic E-state index is 0.0458. The molecule has 124 valence electrons. The first-order valence-electron chi connectivity index (χ1n) is 7.49. The van der Waals surface area contributed by atoms with Crippen molar-refractivity contribution in [3.8, 4) is 0 Å². The van der Waals surface area contributed by atoms with Gasteiger partial charge in [-0.25, -0.2) is 4.79 Å². The quantitative estimate of drug-likeness (QED) is 0.806. The molecule has 1 aromatic rings. The minimum atomic E-state index is -0.744. The fraction of sp³-hybridized carbons (Fsp3) is 0.438. The number of esters is 1. The summed E-state index contributed by atoms with van der Waals surface area (Å²) in [6.45, 7) is 0. The highest BCUT2D eigenvalue weighted by molar-refractivity contribution is 6.30. The van der Waals surface area contributed by atoms with Crippen molar-refractivity contribution in [2.75, 3.05) is 0 Å². The molecular formula is C16H19ClN2O4. The zero-order valence-corrected chi connectivity index (χ0v) is 13.3. The van der Waals surface area contributed by atoms with Gasteiger partial charge in [-0.1, -0.05) is 23.7 Å². The number of carbonyl (C=O) groups is 3. The zero-order chi connectivity index (χ0) is 16.8. The Morgan fingerprint density at radius 1 is 1.30 bits per heavy atom. The van der Waals surface area contributed by atoms with E-state index in [9.17, 15) is 14.4 Å². The van der Waals surface area contributed by atoms with E-state index in [4.69, 9.17) is 22.1 Å². The van der Waals surface area contributed by atoms with Crippen LogP contribution >= 0.6 is 11.6 Å². The van der Waals surface area contributed by atoms with Gasteiger partial charge in [-0.3, -0.25) is 9.59 Å². The molecule has 2 atom stereocenters. The lowest BCUT2D eigenvalue weighted by atomic mass is 9.96. The molecule has 0 aromatic heterocycles. The number of nitrogens with two attached hydrogens (primary N) is 1. The van der Waals surface area contributed by atoms with E-state index >= 15 is 0 Å². The summed E-state index contributed by atoms with van der Waals surface area (Å²) in [4.78, 5) is 35.0. The number of hydrogen-bond acceptors (Lipinski definition) is 4. The Hall–Kier alpha value is -2.08. The van der Waals surface area contributed by atoms with Gasteiger partial charge in [0, 0.05) is 11.4 Å². The van der Waals surface area contributed by atoms with E-state index in [1.807, 2.05) is 0 Å². The molecule has 1 fully saturated rings. The summed E-state index contributed by atoms with van der Waals surface area (Å²) < 4.78 is 5.25. The summed E-state index contributed by atoms with van der Waals surface area (Å²) >= 11 is 5.83. The molecule has 0 saturated heterocycles. The van der Waals surface area contributed by atoms with Crippen molar-refractivity contribution in [3.63, 3.8) is 0 Å². The van der Waals surface area contributed by atoms with Gasteiger partial charge >= 0.3 is 12.0 Å². The van der Waals surface area contributed by atoms with Crippen LogP contribution in [0.1, 0.15) is 43.7 Å². The van der Waals surface area contributed by atoms with E-state index in [1.165, 1.54) is 0 Å². The maximum atomic E-state index is 12.1. The molecule has 2 amide bonds. The molecule has 1 saturated carbocycles. The number of ketones is 1. The molecule has 3 N–H and O–H groups in total. The number of hydrogen-bond donors (Lipinski definition) is 2. The van der Waals surface area contributed by atoms with Crippen LogP contribution in [0.4, 0.5) is 4.79 Å². The maximum Gasteiger partial charge on any atom is 0.312 e. The average molecular weight is 339 g/mol. The van der Waals surface area contributed by atoms with Crippen molar-refractivity contribution in [2.24, 2.45) is 5.73 Å². The number of rotatable bonds is 5. The van der Waals surface area contributed by atoms with Gasteiger partial charge in [0.25, 0.3) is 0 Å². The smallest absolute Gasteiger partial charge is 0.312 e. The van der Waals surface area contributed by atoms with Gasteiger partial charge in [0.05, 0.1) is 12.5 Å². The second-order valence-electron chi connectivity index (χ2n) is 5.51.